The number of ether oxygens (including phenoxy) is 1. The fraction of sp³-hybridized carbons (Fsp3) is 0.391. The fourth-order valence-corrected chi connectivity index (χ4v) is 5.71. The van der Waals surface area contributed by atoms with Gasteiger partial charge in [0.1, 0.15) is 0 Å². The molecule has 4 rings (SSSR count). The SMILES string of the molecule is O=C(O[C@@H]1CCCCC1=O)c1cc(S(=O)(=O)N2CCN(c3ccccc3)CC2)ccc1Cl. The van der Waals surface area contributed by atoms with Crippen LogP contribution in [0, 0.1) is 0 Å². The lowest BCUT2D eigenvalue weighted by Gasteiger charge is -2.35. The maximum Gasteiger partial charge on any atom is 0.340 e. The van der Waals surface area contributed by atoms with Crippen molar-refractivity contribution in [2.75, 3.05) is 31.1 Å². The quantitative estimate of drug-likeness (QED) is 0.614. The molecule has 9 heteroatoms. The van der Waals surface area contributed by atoms with Crippen molar-refractivity contribution in [1.82, 2.24) is 4.31 Å². The minimum Gasteiger partial charge on any atom is -0.451 e. The molecule has 0 unspecified atom stereocenters. The number of carbonyl (C=O) groups is 2. The molecule has 1 heterocycles. The summed E-state index contributed by atoms with van der Waals surface area (Å²) in [6, 6.07) is 13.9. The molecule has 2 aromatic carbocycles. The highest BCUT2D eigenvalue weighted by Gasteiger charge is 2.31. The van der Waals surface area contributed by atoms with Gasteiger partial charge in [0.15, 0.2) is 11.9 Å². The first-order valence-electron chi connectivity index (χ1n) is 10.7. The fourth-order valence-electron chi connectivity index (χ4n) is 4.06. The monoisotopic (exact) mass is 476 g/mol. The summed E-state index contributed by atoms with van der Waals surface area (Å²) in [5.74, 6) is -0.887. The Morgan fingerprint density at radius 1 is 1.00 bits per heavy atom. The number of Topliss-reactive ketones (excluding diaryl/α,β-unsaturated/α-hetero) is 1. The first-order chi connectivity index (χ1) is 15.4. The molecule has 1 atom stereocenters. The molecule has 1 aliphatic carbocycles. The molecule has 0 bridgehead atoms. The number of esters is 1. The van der Waals surface area contributed by atoms with E-state index in [4.69, 9.17) is 16.3 Å². The van der Waals surface area contributed by atoms with Crippen molar-refractivity contribution in [2.24, 2.45) is 0 Å². The van der Waals surface area contributed by atoms with E-state index in [1.165, 1.54) is 22.5 Å². The average molecular weight is 477 g/mol. The van der Waals surface area contributed by atoms with Crippen LogP contribution in [0.25, 0.3) is 0 Å². The van der Waals surface area contributed by atoms with Crippen LogP contribution in [0.2, 0.25) is 5.02 Å². The second-order valence-electron chi connectivity index (χ2n) is 7.97. The summed E-state index contributed by atoms with van der Waals surface area (Å²) in [7, 11) is -3.81. The predicted octanol–water partition coefficient (Wildman–Crippen LogP) is 3.52. The van der Waals surface area contributed by atoms with Crippen LogP contribution in [0.5, 0.6) is 0 Å². The number of carbonyl (C=O) groups excluding carboxylic acids is 2. The van der Waals surface area contributed by atoms with Gasteiger partial charge in [-0.3, -0.25) is 4.79 Å². The highest BCUT2D eigenvalue weighted by atomic mass is 35.5. The van der Waals surface area contributed by atoms with Crippen LogP contribution >= 0.6 is 11.6 Å². The van der Waals surface area contributed by atoms with Crippen molar-refractivity contribution in [3.8, 4) is 0 Å². The van der Waals surface area contributed by atoms with Gasteiger partial charge in [0.25, 0.3) is 0 Å². The summed E-state index contributed by atoms with van der Waals surface area (Å²) in [4.78, 5) is 26.8. The Kier molecular flexibility index (Phi) is 6.83. The Hall–Kier alpha value is -2.42. The second-order valence-corrected chi connectivity index (χ2v) is 10.3. The number of rotatable bonds is 5. The molecule has 0 N–H and O–H groups in total. The van der Waals surface area contributed by atoms with E-state index in [9.17, 15) is 18.0 Å². The summed E-state index contributed by atoms with van der Waals surface area (Å²) < 4.78 is 33.2. The first kappa shape index (κ1) is 22.8. The summed E-state index contributed by atoms with van der Waals surface area (Å²) >= 11 is 6.17. The van der Waals surface area contributed by atoms with Gasteiger partial charge >= 0.3 is 5.97 Å². The maximum atomic E-state index is 13.2. The molecule has 1 saturated carbocycles. The molecule has 0 aromatic heterocycles. The van der Waals surface area contributed by atoms with Gasteiger partial charge in [0, 0.05) is 38.3 Å². The first-order valence-corrected chi connectivity index (χ1v) is 12.5. The number of hydrogen-bond acceptors (Lipinski definition) is 6. The van der Waals surface area contributed by atoms with E-state index in [1.54, 1.807) is 0 Å². The van der Waals surface area contributed by atoms with Crippen molar-refractivity contribution < 1.29 is 22.7 Å². The Bertz CT molecular complexity index is 1100. The van der Waals surface area contributed by atoms with E-state index in [0.717, 1.165) is 18.5 Å². The second kappa shape index (κ2) is 9.60. The van der Waals surface area contributed by atoms with E-state index < -0.39 is 22.1 Å². The van der Waals surface area contributed by atoms with Crippen LogP contribution in [-0.2, 0) is 19.6 Å². The molecular weight excluding hydrogens is 452 g/mol. The van der Waals surface area contributed by atoms with Gasteiger partial charge < -0.3 is 9.64 Å². The van der Waals surface area contributed by atoms with Gasteiger partial charge in [-0.2, -0.15) is 4.31 Å². The van der Waals surface area contributed by atoms with Gasteiger partial charge in [-0.15, -0.1) is 0 Å². The van der Waals surface area contributed by atoms with Crippen LogP contribution in [0.4, 0.5) is 5.69 Å². The third-order valence-electron chi connectivity index (χ3n) is 5.90. The number of hydrogen-bond donors (Lipinski definition) is 0. The molecule has 0 amide bonds. The number of sulfonamides is 1. The molecule has 2 fully saturated rings. The highest BCUT2D eigenvalue weighted by Crippen LogP contribution is 2.27. The number of halogens is 1. The molecule has 7 nitrogen and oxygen atoms in total. The van der Waals surface area contributed by atoms with E-state index in [0.29, 0.717) is 39.0 Å². The average Bonchev–Trinajstić information content (AvgIpc) is 2.81. The lowest BCUT2D eigenvalue weighted by Crippen LogP contribution is -2.48. The Morgan fingerprint density at radius 2 is 1.72 bits per heavy atom. The van der Waals surface area contributed by atoms with Crippen molar-refractivity contribution in [3.63, 3.8) is 0 Å². The minimum atomic E-state index is -3.81. The molecule has 2 aromatic rings. The van der Waals surface area contributed by atoms with Gasteiger partial charge in [-0.05, 0) is 49.6 Å². The molecule has 1 saturated heterocycles. The molecule has 0 spiro atoms. The van der Waals surface area contributed by atoms with Gasteiger partial charge in [0.05, 0.1) is 15.5 Å². The van der Waals surface area contributed by atoms with Crippen molar-refractivity contribution in [2.45, 2.75) is 36.7 Å². The van der Waals surface area contributed by atoms with Crippen molar-refractivity contribution >= 4 is 39.1 Å². The van der Waals surface area contributed by atoms with Crippen molar-refractivity contribution in [3.05, 3.63) is 59.1 Å². The molecule has 0 radical (unpaired) electrons. The third kappa shape index (κ3) is 4.82. The zero-order valence-corrected chi connectivity index (χ0v) is 19.1. The molecule has 32 heavy (non-hydrogen) atoms. The standard InChI is InChI=1S/C23H25ClN2O5S/c24-20-11-10-18(16-19(20)23(28)31-22-9-5-4-8-21(22)27)32(29,30)26-14-12-25(13-15-26)17-6-2-1-3-7-17/h1-3,6-7,10-11,16,22H,4-5,8-9,12-15H2/t22-/m1/s1. The highest BCUT2D eigenvalue weighted by molar-refractivity contribution is 7.89. The number of piperazine rings is 1. The topological polar surface area (TPSA) is 84.0 Å². The molecule has 170 valence electrons. The smallest absolute Gasteiger partial charge is 0.340 e. The minimum absolute atomic E-state index is 0.0167. The summed E-state index contributed by atoms with van der Waals surface area (Å²) in [5.41, 5.74) is 1.01. The Labute approximate surface area is 193 Å². The summed E-state index contributed by atoms with van der Waals surface area (Å²) in [6.45, 7) is 1.79. The van der Waals surface area contributed by atoms with E-state index in [1.807, 2.05) is 30.3 Å². The summed E-state index contributed by atoms with van der Waals surface area (Å²) in [5, 5.41) is 0.0890. The molecular formula is C23H25ClN2O5S. The number of para-hydroxylation sites is 1. The van der Waals surface area contributed by atoms with E-state index in [2.05, 4.69) is 4.90 Å². The van der Waals surface area contributed by atoms with E-state index in [-0.39, 0.29) is 21.3 Å². The molecule has 2 aliphatic rings. The van der Waals surface area contributed by atoms with Crippen molar-refractivity contribution in [1.29, 1.82) is 0 Å². The zero-order valence-electron chi connectivity index (χ0n) is 17.6. The van der Waals surface area contributed by atoms with Crippen LogP contribution in [0.1, 0.15) is 36.0 Å². The number of anilines is 1. The van der Waals surface area contributed by atoms with Gasteiger partial charge in [-0.25, -0.2) is 13.2 Å². The molecule has 1 aliphatic heterocycles. The van der Waals surface area contributed by atoms with Crippen LogP contribution in [-0.4, -0.2) is 56.8 Å². The largest absolute Gasteiger partial charge is 0.451 e. The van der Waals surface area contributed by atoms with Gasteiger partial charge in [0.2, 0.25) is 10.0 Å². The van der Waals surface area contributed by atoms with E-state index >= 15 is 0 Å². The summed E-state index contributed by atoms with van der Waals surface area (Å²) in [6.07, 6.45) is 1.67. The number of nitrogens with zero attached hydrogens (tertiary/aromatic N) is 2. The third-order valence-corrected chi connectivity index (χ3v) is 8.13. The Morgan fingerprint density at radius 3 is 2.41 bits per heavy atom. The number of benzene rings is 2. The predicted molar refractivity (Wildman–Crippen MR) is 122 cm³/mol. The lowest BCUT2D eigenvalue weighted by atomic mass is 9.96. The number of ketones is 1. The van der Waals surface area contributed by atoms with Crippen LogP contribution in [0.3, 0.4) is 0 Å². The van der Waals surface area contributed by atoms with Gasteiger partial charge in [-0.1, -0.05) is 29.8 Å². The van der Waals surface area contributed by atoms with Crippen LogP contribution in [0.15, 0.2) is 53.4 Å². The van der Waals surface area contributed by atoms with Crippen LogP contribution < -0.4 is 4.90 Å². The zero-order chi connectivity index (χ0) is 22.7. The lowest BCUT2D eigenvalue weighted by molar-refractivity contribution is -0.129. The normalized spacial score (nSPS) is 20.2. The maximum absolute atomic E-state index is 13.2. The Balaban J connectivity index is 1.48.